The minimum absolute atomic E-state index is 0.146. The maximum absolute atomic E-state index is 13.7. The van der Waals surface area contributed by atoms with Crippen LogP contribution in [0.2, 0.25) is 0 Å². The fraction of sp³-hybridized carbons (Fsp3) is 0.423. The number of aliphatic hydroxyl groups excluding tert-OH is 1. The van der Waals surface area contributed by atoms with Gasteiger partial charge < -0.3 is 26.0 Å². The predicted molar refractivity (Wildman–Crippen MR) is 127 cm³/mol. The molecule has 5 N–H and O–H groups in total. The molecule has 10 nitrogen and oxygen atoms in total. The minimum atomic E-state index is -2.94. The molecule has 3 aliphatic carbocycles. The molecule has 190 valence electrons. The van der Waals surface area contributed by atoms with Crippen molar-refractivity contribution < 1.29 is 39.3 Å². The second-order valence-corrected chi connectivity index (χ2v) is 9.69. The number of hydrogen-bond donors (Lipinski definition) is 4. The number of aliphatic hydroxyl groups is 2. The van der Waals surface area contributed by atoms with Crippen molar-refractivity contribution in [2.75, 3.05) is 18.0 Å². The normalized spacial score (nSPS) is 33.3. The van der Waals surface area contributed by atoms with Crippen LogP contribution in [-0.4, -0.2) is 69.2 Å². The van der Waals surface area contributed by atoms with Gasteiger partial charge in [-0.2, -0.15) is 0 Å². The summed E-state index contributed by atoms with van der Waals surface area (Å²) in [7, 11) is 0. The zero-order valence-corrected chi connectivity index (χ0v) is 19.7. The summed E-state index contributed by atoms with van der Waals surface area (Å²) in [5, 5.41) is 33.7. The molecule has 1 amide bonds. The van der Waals surface area contributed by atoms with Gasteiger partial charge in [0.2, 0.25) is 5.91 Å². The van der Waals surface area contributed by atoms with Crippen LogP contribution in [0.1, 0.15) is 35.2 Å². The number of phenolic OH excluding ortho intramolecular Hbond substituents is 1. The van der Waals surface area contributed by atoms with E-state index in [1.54, 1.807) is 36.1 Å². The number of amides is 1. The van der Waals surface area contributed by atoms with Crippen molar-refractivity contribution in [2.45, 2.75) is 31.0 Å². The number of carbonyl (C=O) groups excluding carboxylic acids is 5. The van der Waals surface area contributed by atoms with Crippen LogP contribution in [0, 0.1) is 23.7 Å². The minimum Gasteiger partial charge on any atom is -0.505 e. The van der Waals surface area contributed by atoms with Crippen LogP contribution in [-0.2, 0) is 19.2 Å². The number of anilines is 1. The summed E-state index contributed by atoms with van der Waals surface area (Å²) in [6, 6.07) is 3.24. The summed E-state index contributed by atoms with van der Waals surface area (Å²) >= 11 is 0. The number of nitrogens with two attached hydrogens (primary N) is 1. The molecule has 2 fully saturated rings. The maximum Gasteiger partial charge on any atom is 0.235 e. The van der Waals surface area contributed by atoms with Gasteiger partial charge in [-0.15, -0.1) is 13.2 Å². The SMILES string of the molecule is C=CCN(CC=C)c1ccc2c(c1O)C(=O)C1C(=O)[C@]3(O)C(=O)C(C(N)=O)C(=O)C[C@@H]3[C@@H](O)[C@@H]1[C@H]2C. The van der Waals surface area contributed by atoms with Crippen LogP contribution < -0.4 is 10.6 Å². The number of fused-ring (bicyclic) bond motifs is 3. The highest BCUT2D eigenvalue weighted by Crippen LogP contribution is 2.54. The van der Waals surface area contributed by atoms with Crippen LogP contribution in [0.5, 0.6) is 5.75 Å². The molecule has 0 heterocycles. The summed E-state index contributed by atoms with van der Waals surface area (Å²) in [6.07, 6.45) is 0.989. The van der Waals surface area contributed by atoms with Crippen molar-refractivity contribution in [3.63, 3.8) is 0 Å². The Hall–Kier alpha value is -3.63. The molecule has 0 aliphatic heterocycles. The second-order valence-electron chi connectivity index (χ2n) is 9.69. The lowest BCUT2D eigenvalue weighted by Crippen LogP contribution is -2.72. The monoisotopic (exact) mass is 496 g/mol. The molecule has 1 aromatic carbocycles. The number of Topliss-reactive ketones (excluding diaryl/α,β-unsaturated/α-hetero) is 4. The summed E-state index contributed by atoms with van der Waals surface area (Å²) in [4.78, 5) is 66.4. The number of hydrogen-bond acceptors (Lipinski definition) is 9. The average molecular weight is 497 g/mol. The Labute approximate surface area is 207 Å². The van der Waals surface area contributed by atoms with E-state index in [9.17, 15) is 39.3 Å². The fourth-order valence-corrected chi connectivity index (χ4v) is 6.18. The standard InChI is InChI=1S/C26H28N2O8/c1-4-8-28(9-5-2)14-7-6-12-11(3)16-19(22(32)17(12)21(14)31)24(34)26(36)13(20(16)30)10-15(29)18(23(26)33)25(27)35/h4-7,11,13,16,18-20,30-31,36H,1-2,8-10H2,3H3,(H2,27,35)/t11-,13+,16+,18?,19?,20+,26+/m0/s1. The lowest BCUT2D eigenvalue weighted by atomic mass is 9.50. The number of benzene rings is 1. The molecule has 2 saturated carbocycles. The van der Waals surface area contributed by atoms with E-state index in [4.69, 9.17) is 5.73 Å². The number of carbonyl (C=O) groups is 5. The Morgan fingerprint density at radius 1 is 1.17 bits per heavy atom. The Kier molecular flexibility index (Phi) is 6.22. The molecule has 0 saturated heterocycles. The highest BCUT2D eigenvalue weighted by atomic mass is 16.3. The van der Waals surface area contributed by atoms with Gasteiger partial charge in [-0.25, -0.2) is 0 Å². The van der Waals surface area contributed by atoms with Crippen molar-refractivity contribution in [3.05, 3.63) is 48.6 Å². The first-order valence-corrected chi connectivity index (χ1v) is 11.6. The Balaban J connectivity index is 1.87. The third-order valence-electron chi connectivity index (χ3n) is 7.88. The summed E-state index contributed by atoms with van der Waals surface area (Å²) < 4.78 is 0. The van der Waals surface area contributed by atoms with Crippen LogP contribution in [0.25, 0.3) is 0 Å². The van der Waals surface area contributed by atoms with Crippen molar-refractivity contribution in [1.82, 2.24) is 0 Å². The van der Waals surface area contributed by atoms with Crippen LogP contribution in [0.3, 0.4) is 0 Å². The zero-order chi connectivity index (χ0) is 26.7. The van der Waals surface area contributed by atoms with Gasteiger partial charge in [0.15, 0.2) is 34.7 Å². The van der Waals surface area contributed by atoms with Crippen LogP contribution >= 0.6 is 0 Å². The molecule has 0 bridgehead atoms. The average Bonchev–Trinajstić information content (AvgIpc) is 2.81. The number of ketones is 4. The van der Waals surface area contributed by atoms with Gasteiger partial charge in [0.1, 0.15) is 5.75 Å². The molecule has 3 aliphatic rings. The highest BCUT2D eigenvalue weighted by molar-refractivity contribution is 6.31. The van der Waals surface area contributed by atoms with Gasteiger partial charge in [0.25, 0.3) is 0 Å². The van der Waals surface area contributed by atoms with E-state index in [0.717, 1.165) is 0 Å². The van der Waals surface area contributed by atoms with E-state index in [2.05, 4.69) is 13.2 Å². The molecule has 0 aromatic heterocycles. The largest absolute Gasteiger partial charge is 0.505 e. The number of nitrogens with zero attached hydrogens (tertiary/aromatic N) is 1. The number of rotatable bonds is 6. The first-order valence-electron chi connectivity index (χ1n) is 11.6. The van der Waals surface area contributed by atoms with Crippen molar-refractivity contribution in [2.24, 2.45) is 29.4 Å². The van der Waals surface area contributed by atoms with Crippen LogP contribution in [0.15, 0.2) is 37.4 Å². The van der Waals surface area contributed by atoms with Crippen LogP contribution in [0.4, 0.5) is 5.69 Å². The zero-order valence-electron chi connectivity index (χ0n) is 19.7. The molecule has 1 aromatic rings. The van der Waals surface area contributed by atoms with Crippen molar-refractivity contribution >= 4 is 34.7 Å². The van der Waals surface area contributed by atoms with E-state index in [1.807, 2.05) is 0 Å². The summed E-state index contributed by atoms with van der Waals surface area (Å²) in [6.45, 7) is 9.68. The van der Waals surface area contributed by atoms with Crippen molar-refractivity contribution in [1.29, 1.82) is 0 Å². The predicted octanol–water partition coefficient (Wildman–Crippen LogP) is 0.0371. The summed E-state index contributed by atoms with van der Waals surface area (Å²) in [5.41, 5.74) is 2.78. The lowest BCUT2D eigenvalue weighted by molar-refractivity contribution is -0.189. The molecule has 36 heavy (non-hydrogen) atoms. The van der Waals surface area contributed by atoms with Gasteiger partial charge in [-0.3, -0.25) is 24.0 Å². The fourth-order valence-electron chi connectivity index (χ4n) is 6.18. The van der Waals surface area contributed by atoms with Gasteiger partial charge >= 0.3 is 0 Å². The third kappa shape index (κ3) is 3.28. The van der Waals surface area contributed by atoms with Crippen molar-refractivity contribution in [3.8, 4) is 5.75 Å². The number of phenols is 1. The second kappa shape index (κ2) is 8.79. The molecular weight excluding hydrogens is 468 g/mol. The molecule has 0 radical (unpaired) electrons. The van der Waals surface area contributed by atoms with Gasteiger partial charge in [-0.1, -0.05) is 25.1 Å². The maximum atomic E-state index is 13.7. The van der Waals surface area contributed by atoms with E-state index >= 15 is 0 Å². The smallest absolute Gasteiger partial charge is 0.235 e. The first kappa shape index (κ1) is 25.5. The van der Waals surface area contributed by atoms with E-state index in [1.165, 1.54) is 0 Å². The Morgan fingerprint density at radius 2 is 1.78 bits per heavy atom. The Bertz CT molecular complexity index is 1210. The third-order valence-corrected chi connectivity index (χ3v) is 7.88. The molecule has 4 rings (SSSR count). The molecule has 10 heteroatoms. The quantitative estimate of drug-likeness (QED) is 0.313. The topological polar surface area (TPSA) is 175 Å². The lowest BCUT2D eigenvalue weighted by Gasteiger charge is -2.52. The first-order chi connectivity index (χ1) is 16.9. The van der Waals surface area contributed by atoms with Gasteiger partial charge in [-0.05, 0) is 17.5 Å². The number of aromatic hydroxyl groups is 1. The van der Waals surface area contributed by atoms with E-state index < -0.39 is 76.8 Å². The molecular formula is C26H28N2O8. The van der Waals surface area contributed by atoms with Gasteiger partial charge in [0, 0.05) is 31.3 Å². The molecule has 0 spiro atoms. The summed E-state index contributed by atoms with van der Waals surface area (Å²) in [5.74, 6) is -13.0. The highest BCUT2D eigenvalue weighted by Gasteiger charge is 2.69. The molecule has 7 atom stereocenters. The van der Waals surface area contributed by atoms with Gasteiger partial charge in [0.05, 0.1) is 23.3 Å². The van der Waals surface area contributed by atoms with E-state index in [0.29, 0.717) is 24.3 Å². The van der Waals surface area contributed by atoms with E-state index in [-0.39, 0.29) is 11.3 Å². The Morgan fingerprint density at radius 3 is 2.33 bits per heavy atom. The molecule has 2 unspecified atom stereocenters. The number of primary amides is 1.